The summed E-state index contributed by atoms with van der Waals surface area (Å²) >= 11 is 0. The zero-order valence-electron chi connectivity index (χ0n) is 13.3. The van der Waals surface area contributed by atoms with Crippen LogP contribution in [0.5, 0.6) is 11.6 Å². The summed E-state index contributed by atoms with van der Waals surface area (Å²) in [6, 6.07) is 10.9. The van der Waals surface area contributed by atoms with Gasteiger partial charge in [0, 0.05) is 12.5 Å². The summed E-state index contributed by atoms with van der Waals surface area (Å²) in [5, 5.41) is 11.8. The molecule has 118 valence electrons. The number of nitrogens with zero attached hydrogens (tertiary/aromatic N) is 2. The summed E-state index contributed by atoms with van der Waals surface area (Å²) in [7, 11) is 0. The van der Waals surface area contributed by atoms with Crippen molar-refractivity contribution in [3.8, 4) is 17.7 Å². The van der Waals surface area contributed by atoms with Crippen molar-refractivity contribution in [2.24, 2.45) is 0 Å². The van der Waals surface area contributed by atoms with E-state index in [-0.39, 0.29) is 5.91 Å². The van der Waals surface area contributed by atoms with Gasteiger partial charge in [-0.05, 0) is 42.7 Å². The molecular formula is C18H19N3O2. The highest BCUT2D eigenvalue weighted by atomic mass is 16.5. The van der Waals surface area contributed by atoms with Crippen LogP contribution in [0, 0.1) is 11.3 Å². The van der Waals surface area contributed by atoms with Gasteiger partial charge < -0.3 is 10.1 Å². The lowest BCUT2D eigenvalue weighted by atomic mass is 10.1. The van der Waals surface area contributed by atoms with Crippen molar-refractivity contribution in [1.82, 2.24) is 4.98 Å². The van der Waals surface area contributed by atoms with E-state index in [1.54, 1.807) is 30.5 Å². The van der Waals surface area contributed by atoms with Gasteiger partial charge in [0.25, 0.3) is 0 Å². The van der Waals surface area contributed by atoms with E-state index in [0.717, 1.165) is 18.4 Å². The molecule has 0 saturated heterocycles. The van der Waals surface area contributed by atoms with Crippen molar-refractivity contribution < 1.29 is 9.53 Å². The highest BCUT2D eigenvalue weighted by Crippen LogP contribution is 2.23. The number of aryl methyl sites for hydroxylation is 1. The minimum Gasteiger partial charge on any atom is -0.439 e. The van der Waals surface area contributed by atoms with Gasteiger partial charge in [0.1, 0.15) is 5.75 Å². The summed E-state index contributed by atoms with van der Waals surface area (Å²) in [5.41, 5.74) is 2.24. The Hall–Kier alpha value is -2.87. The molecule has 0 fully saturated rings. The van der Waals surface area contributed by atoms with Crippen LogP contribution in [0.15, 0.2) is 36.5 Å². The standard InChI is InChI=1S/C18H19N3O2/c1-3-5-17(22)21-15-7-9-18(20-12-15)23-16-8-6-14(11-19)13(4-2)10-16/h6-10,12H,3-5H2,1-2H3,(H,21,22). The van der Waals surface area contributed by atoms with Crippen LogP contribution in [0.2, 0.25) is 0 Å². The van der Waals surface area contributed by atoms with Crippen LogP contribution >= 0.6 is 0 Å². The summed E-state index contributed by atoms with van der Waals surface area (Å²) in [5.74, 6) is 1.05. The highest BCUT2D eigenvalue weighted by Gasteiger charge is 2.05. The van der Waals surface area contributed by atoms with E-state index >= 15 is 0 Å². The van der Waals surface area contributed by atoms with Crippen LogP contribution in [-0.4, -0.2) is 10.9 Å². The van der Waals surface area contributed by atoms with E-state index in [0.29, 0.717) is 29.3 Å². The van der Waals surface area contributed by atoms with Crippen LogP contribution in [0.4, 0.5) is 5.69 Å². The van der Waals surface area contributed by atoms with Crippen molar-refractivity contribution in [2.75, 3.05) is 5.32 Å². The van der Waals surface area contributed by atoms with E-state index < -0.39 is 0 Å². The predicted octanol–water partition coefficient (Wildman–Crippen LogP) is 4.05. The zero-order valence-corrected chi connectivity index (χ0v) is 13.3. The second kappa shape index (κ2) is 7.95. The number of carbonyl (C=O) groups excluding carboxylic acids is 1. The minimum atomic E-state index is -0.0253. The number of aromatic nitrogens is 1. The van der Waals surface area contributed by atoms with Crippen molar-refractivity contribution in [3.63, 3.8) is 0 Å². The van der Waals surface area contributed by atoms with Crippen molar-refractivity contribution in [1.29, 1.82) is 5.26 Å². The van der Waals surface area contributed by atoms with Gasteiger partial charge in [0.05, 0.1) is 23.5 Å². The first-order valence-electron chi connectivity index (χ1n) is 7.63. The Balaban J connectivity index is 2.06. The molecule has 23 heavy (non-hydrogen) atoms. The zero-order chi connectivity index (χ0) is 16.7. The molecule has 0 spiro atoms. The number of anilines is 1. The van der Waals surface area contributed by atoms with E-state index in [1.807, 2.05) is 19.9 Å². The van der Waals surface area contributed by atoms with Crippen molar-refractivity contribution >= 4 is 11.6 Å². The first-order chi connectivity index (χ1) is 11.2. The third-order valence-electron chi connectivity index (χ3n) is 3.30. The first kappa shape index (κ1) is 16.5. The molecule has 0 aliphatic carbocycles. The largest absolute Gasteiger partial charge is 0.439 e. The maximum Gasteiger partial charge on any atom is 0.224 e. The second-order valence-corrected chi connectivity index (χ2v) is 5.07. The number of hydrogen-bond acceptors (Lipinski definition) is 4. The quantitative estimate of drug-likeness (QED) is 0.873. The molecule has 0 unspecified atom stereocenters. The minimum absolute atomic E-state index is 0.0253. The molecule has 1 aromatic carbocycles. The van der Waals surface area contributed by atoms with Crippen LogP contribution in [0.3, 0.4) is 0 Å². The number of ether oxygens (including phenoxy) is 1. The molecule has 1 aromatic heterocycles. The number of hydrogen-bond donors (Lipinski definition) is 1. The fourth-order valence-corrected chi connectivity index (χ4v) is 2.12. The molecule has 0 atom stereocenters. The Kier molecular flexibility index (Phi) is 5.70. The Bertz CT molecular complexity index is 718. The van der Waals surface area contributed by atoms with Crippen LogP contribution in [0.1, 0.15) is 37.8 Å². The van der Waals surface area contributed by atoms with Gasteiger partial charge in [-0.15, -0.1) is 0 Å². The van der Waals surface area contributed by atoms with Gasteiger partial charge >= 0.3 is 0 Å². The second-order valence-electron chi connectivity index (χ2n) is 5.07. The van der Waals surface area contributed by atoms with Crippen LogP contribution < -0.4 is 10.1 Å². The molecule has 0 bridgehead atoms. The molecule has 2 aromatic rings. The number of pyridine rings is 1. The SMILES string of the molecule is CCCC(=O)Nc1ccc(Oc2ccc(C#N)c(CC)c2)nc1. The number of nitriles is 1. The Morgan fingerprint density at radius 1 is 1.30 bits per heavy atom. The topological polar surface area (TPSA) is 75.0 Å². The van der Waals surface area contributed by atoms with Gasteiger partial charge in [-0.1, -0.05) is 13.8 Å². The molecule has 5 heteroatoms. The van der Waals surface area contributed by atoms with Gasteiger partial charge in [0.2, 0.25) is 11.8 Å². The summed E-state index contributed by atoms with van der Waals surface area (Å²) < 4.78 is 5.69. The lowest BCUT2D eigenvalue weighted by Gasteiger charge is -2.08. The molecule has 0 aliphatic heterocycles. The monoisotopic (exact) mass is 309 g/mol. The van der Waals surface area contributed by atoms with Gasteiger partial charge in [-0.2, -0.15) is 5.26 Å². The van der Waals surface area contributed by atoms with Gasteiger partial charge in [0.15, 0.2) is 0 Å². The number of benzene rings is 1. The molecule has 1 heterocycles. The van der Waals surface area contributed by atoms with Crippen molar-refractivity contribution in [3.05, 3.63) is 47.7 Å². The number of nitrogens with one attached hydrogen (secondary N) is 1. The third-order valence-corrected chi connectivity index (χ3v) is 3.30. The fourth-order valence-electron chi connectivity index (χ4n) is 2.12. The van der Waals surface area contributed by atoms with E-state index in [9.17, 15) is 4.79 Å². The highest BCUT2D eigenvalue weighted by molar-refractivity contribution is 5.90. The number of amides is 1. The summed E-state index contributed by atoms with van der Waals surface area (Å²) in [6.45, 7) is 3.95. The predicted molar refractivity (Wildman–Crippen MR) is 88.4 cm³/mol. The number of carbonyl (C=O) groups is 1. The molecule has 0 aliphatic rings. The van der Waals surface area contributed by atoms with Crippen molar-refractivity contribution in [2.45, 2.75) is 33.1 Å². The summed E-state index contributed by atoms with van der Waals surface area (Å²) in [4.78, 5) is 15.7. The lowest BCUT2D eigenvalue weighted by Crippen LogP contribution is -2.10. The molecule has 5 nitrogen and oxygen atoms in total. The molecule has 2 rings (SSSR count). The smallest absolute Gasteiger partial charge is 0.224 e. The van der Waals surface area contributed by atoms with Gasteiger partial charge in [-0.3, -0.25) is 4.79 Å². The van der Waals surface area contributed by atoms with E-state index in [4.69, 9.17) is 10.00 Å². The molecule has 1 amide bonds. The maximum absolute atomic E-state index is 11.5. The average Bonchev–Trinajstić information content (AvgIpc) is 2.56. The lowest BCUT2D eigenvalue weighted by molar-refractivity contribution is -0.116. The molecule has 0 radical (unpaired) electrons. The molecule has 1 N–H and O–H groups in total. The van der Waals surface area contributed by atoms with Gasteiger partial charge in [-0.25, -0.2) is 4.98 Å². The third kappa shape index (κ3) is 4.55. The van der Waals surface area contributed by atoms with E-state index in [1.165, 1.54) is 0 Å². The molecular weight excluding hydrogens is 290 g/mol. The fraction of sp³-hybridized carbons (Fsp3) is 0.278. The Labute approximate surface area is 135 Å². The Morgan fingerprint density at radius 2 is 2.13 bits per heavy atom. The maximum atomic E-state index is 11.5. The van der Waals surface area contributed by atoms with Crippen LogP contribution in [0.25, 0.3) is 0 Å². The van der Waals surface area contributed by atoms with E-state index in [2.05, 4.69) is 16.4 Å². The van der Waals surface area contributed by atoms with Crippen LogP contribution in [-0.2, 0) is 11.2 Å². The number of rotatable bonds is 6. The Morgan fingerprint density at radius 3 is 2.74 bits per heavy atom. The average molecular weight is 309 g/mol. The summed E-state index contributed by atoms with van der Waals surface area (Å²) in [6.07, 6.45) is 3.62. The first-order valence-corrected chi connectivity index (χ1v) is 7.63. The normalized spacial score (nSPS) is 9.96. The molecule has 0 saturated carbocycles.